The lowest BCUT2D eigenvalue weighted by atomic mass is 9.57. The molecule has 1 aromatic heterocycles. The summed E-state index contributed by atoms with van der Waals surface area (Å²) in [5.41, 5.74) is 2.48. The molecule has 2 heterocycles. The van der Waals surface area contributed by atoms with E-state index in [1.165, 1.54) is 12.1 Å². The Morgan fingerprint density at radius 2 is 2.08 bits per heavy atom. The van der Waals surface area contributed by atoms with Crippen LogP contribution in [0.1, 0.15) is 45.2 Å². The number of carbonyl (C=O) groups is 2. The van der Waals surface area contributed by atoms with Crippen molar-refractivity contribution in [2.45, 2.75) is 51.7 Å². The normalized spacial score (nSPS) is 31.4. The number of cyclic esters (lactones) is 1. The number of allylic oxidation sites excluding steroid dienone is 1. The van der Waals surface area contributed by atoms with Crippen LogP contribution in [-0.2, 0) is 14.3 Å². The first-order valence-electron chi connectivity index (χ1n) is 13.0. The average molecular weight is 493 g/mol. The number of nitrogens with zero attached hydrogens (tertiary/aromatic N) is 1. The molecule has 3 aliphatic rings. The molecule has 5 rings (SSSR count). The molecule has 7 atom stereocenters. The molecule has 3 fully saturated rings. The number of esters is 1. The monoisotopic (exact) mass is 492 g/mol. The zero-order valence-electron chi connectivity index (χ0n) is 20.7. The van der Waals surface area contributed by atoms with Gasteiger partial charge in [-0.05, 0) is 87.1 Å². The molecule has 0 unspecified atom stereocenters. The average Bonchev–Trinajstić information content (AvgIpc) is 3.15. The Labute approximate surface area is 211 Å². The largest absolute Gasteiger partial charge is 0.462 e. The highest BCUT2D eigenvalue weighted by atomic mass is 19.1. The van der Waals surface area contributed by atoms with Gasteiger partial charge in [0.25, 0.3) is 0 Å². The summed E-state index contributed by atoms with van der Waals surface area (Å²) in [7, 11) is 0. The Bertz CT molecular complexity index is 1130. The molecular weight excluding hydrogens is 459 g/mol. The van der Waals surface area contributed by atoms with Crippen molar-refractivity contribution in [2.75, 3.05) is 6.61 Å². The van der Waals surface area contributed by atoms with Crippen LogP contribution >= 0.6 is 0 Å². The quantitative estimate of drug-likeness (QED) is 0.548. The second-order valence-corrected chi connectivity index (χ2v) is 10.3. The van der Waals surface area contributed by atoms with Crippen LogP contribution in [0, 0.1) is 35.4 Å². The maximum absolute atomic E-state index is 13.6. The van der Waals surface area contributed by atoms with E-state index in [2.05, 4.69) is 16.4 Å². The van der Waals surface area contributed by atoms with E-state index in [4.69, 9.17) is 9.47 Å². The van der Waals surface area contributed by atoms with E-state index in [0.717, 1.165) is 42.5 Å². The molecule has 1 N–H and O–H groups in total. The van der Waals surface area contributed by atoms with Gasteiger partial charge < -0.3 is 14.8 Å². The minimum Gasteiger partial charge on any atom is -0.462 e. The maximum Gasteiger partial charge on any atom is 0.407 e. The third-order valence-electron chi connectivity index (χ3n) is 8.18. The summed E-state index contributed by atoms with van der Waals surface area (Å²) >= 11 is 0. The fourth-order valence-corrected chi connectivity index (χ4v) is 6.64. The van der Waals surface area contributed by atoms with Crippen LogP contribution in [-0.4, -0.2) is 35.8 Å². The molecule has 1 aromatic carbocycles. The molecule has 0 bridgehead atoms. The first-order chi connectivity index (χ1) is 17.4. The third-order valence-corrected chi connectivity index (χ3v) is 8.18. The summed E-state index contributed by atoms with van der Waals surface area (Å²) in [5.74, 6) is 0.629. The number of carbonyl (C=O) groups excluding carboxylic acids is 2. The van der Waals surface area contributed by atoms with Gasteiger partial charge in [-0.1, -0.05) is 24.3 Å². The number of amides is 1. The van der Waals surface area contributed by atoms with Gasteiger partial charge in [-0.15, -0.1) is 0 Å². The minimum absolute atomic E-state index is 0.0679. The number of halogens is 1. The third kappa shape index (κ3) is 5.01. The Hall–Kier alpha value is -3.22. The van der Waals surface area contributed by atoms with Crippen LogP contribution < -0.4 is 5.32 Å². The lowest BCUT2D eigenvalue weighted by molar-refractivity contribution is -0.144. The van der Waals surface area contributed by atoms with Crippen LogP contribution in [0.2, 0.25) is 0 Å². The van der Waals surface area contributed by atoms with Crippen molar-refractivity contribution in [1.29, 1.82) is 0 Å². The number of rotatable bonds is 5. The fourth-order valence-electron chi connectivity index (χ4n) is 6.64. The van der Waals surface area contributed by atoms with Gasteiger partial charge in [-0.25, -0.2) is 9.18 Å². The summed E-state index contributed by atoms with van der Waals surface area (Å²) in [4.78, 5) is 29.2. The van der Waals surface area contributed by atoms with Crippen LogP contribution in [0.25, 0.3) is 17.2 Å². The standard InChI is InChI=1S/C29H33FN2O4/c1-3-35-29(34)32-23-10-11-24-20(14-23)15-26-27(17(2)36-28(26)33)25(24)12-9-22-8-7-19(16-31-22)18-5-4-6-21(30)13-18/h4-9,12-13,16-17,20,23-27H,3,10-11,14-15H2,1-2H3,(H,32,34)/t17-,20+,23+,24-,25-,26+,27+/m0/s1. The number of fused-ring (bicyclic) bond motifs is 2. The number of benzene rings is 1. The molecular formula is C29H33FN2O4. The number of hydrogen-bond donors (Lipinski definition) is 1. The zero-order valence-corrected chi connectivity index (χ0v) is 20.7. The van der Waals surface area contributed by atoms with Crippen LogP contribution in [0.15, 0.2) is 48.7 Å². The highest BCUT2D eigenvalue weighted by Crippen LogP contribution is 2.53. The molecule has 7 heteroatoms. The summed E-state index contributed by atoms with van der Waals surface area (Å²) < 4.78 is 24.3. The van der Waals surface area contributed by atoms with Crippen molar-refractivity contribution in [1.82, 2.24) is 10.3 Å². The Balaban J connectivity index is 1.34. The molecule has 2 aliphatic carbocycles. The van der Waals surface area contributed by atoms with Crippen molar-refractivity contribution < 1.29 is 23.5 Å². The highest BCUT2D eigenvalue weighted by Gasteiger charge is 2.54. The maximum atomic E-state index is 13.6. The molecule has 6 nitrogen and oxygen atoms in total. The van der Waals surface area contributed by atoms with Gasteiger partial charge >= 0.3 is 12.1 Å². The van der Waals surface area contributed by atoms with E-state index in [1.807, 2.05) is 31.2 Å². The van der Waals surface area contributed by atoms with Crippen LogP contribution in [0.5, 0.6) is 0 Å². The second kappa shape index (κ2) is 10.4. The zero-order chi connectivity index (χ0) is 25.2. The van der Waals surface area contributed by atoms with Gasteiger partial charge in [-0.2, -0.15) is 0 Å². The van der Waals surface area contributed by atoms with E-state index in [0.29, 0.717) is 18.4 Å². The van der Waals surface area contributed by atoms with E-state index in [9.17, 15) is 14.0 Å². The SMILES string of the molecule is CCOC(=O)N[C@@H]1CC[C@H]2[C@H](C1)C[C@H]1C(=O)O[C@@H](C)[C@@H]1[C@H]2C=Cc1ccc(-c2cccc(F)c2)cn1. The van der Waals surface area contributed by atoms with E-state index in [1.54, 1.807) is 19.2 Å². The smallest absolute Gasteiger partial charge is 0.407 e. The van der Waals surface area contributed by atoms with Gasteiger partial charge in [0.2, 0.25) is 0 Å². The van der Waals surface area contributed by atoms with Crippen LogP contribution in [0.4, 0.5) is 9.18 Å². The molecule has 1 saturated heterocycles. The van der Waals surface area contributed by atoms with Gasteiger partial charge in [0, 0.05) is 23.7 Å². The van der Waals surface area contributed by atoms with Crippen molar-refractivity contribution in [2.24, 2.45) is 29.6 Å². The molecule has 1 amide bonds. The van der Waals surface area contributed by atoms with Crippen LogP contribution in [0.3, 0.4) is 0 Å². The molecule has 190 valence electrons. The Morgan fingerprint density at radius 1 is 1.22 bits per heavy atom. The number of ether oxygens (including phenoxy) is 2. The summed E-state index contributed by atoms with van der Waals surface area (Å²) in [5, 5.41) is 3.00. The summed E-state index contributed by atoms with van der Waals surface area (Å²) in [6, 6.07) is 10.4. The predicted octanol–water partition coefficient (Wildman–Crippen LogP) is 5.63. The molecule has 36 heavy (non-hydrogen) atoms. The second-order valence-electron chi connectivity index (χ2n) is 10.3. The van der Waals surface area contributed by atoms with Gasteiger partial charge in [0.1, 0.15) is 11.9 Å². The lowest BCUT2D eigenvalue weighted by Crippen LogP contribution is -2.48. The van der Waals surface area contributed by atoms with Gasteiger partial charge in [0.05, 0.1) is 18.2 Å². The summed E-state index contributed by atoms with van der Waals surface area (Å²) in [6.45, 7) is 4.15. The predicted molar refractivity (Wildman–Crippen MR) is 134 cm³/mol. The Kier molecular flexibility index (Phi) is 7.08. The van der Waals surface area contributed by atoms with E-state index in [-0.39, 0.29) is 47.8 Å². The van der Waals surface area contributed by atoms with Gasteiger partial charge in [-0.3, -0.25) is 9.78 Å². The molecule has 1 aliphatic heterocycles. The number of aromatic nitrogens is 1. The molecule has 2 aromatic rings. The number of alkyl carbamates (subject to hydrolysis) is 1. The molecule has 0 spiro atoms. The first-order valence-corrected chi connectivity index (χ1v) is 13.0. The van der Waals surface area contributed by atoms with Crippen molar-refractivity contribution >= 4 is 18.1 Å². The van der Waals surface area contributed by atoms with Crippen molar-refractivity contribution in [3.63, 3.8) is 0 Å². The van der Waals surface area contributed by atoms with Crippen molar-refractivity contribution in [3.8, 4) is 11.1 Å². The minimum atomic E-state index is -0.368. The number of pyridine rings is 1. The topological polar surface area (TPSA) is 77.5 Å². The van der Waals surface area contributed by atoms with Gasteiger partial charge in [0.15, 0.2) is 0 Å². The van der Waals surface area contributed by atoms with Crippen molar-refractivity contribution in [3.05, 3.63) is 60.2 Å². The highest BCUT2D eigenvalue weighted by molar-refractivity contribution is 5.75. The first kappa shape index (κ1) is 24.5. The lowest BCUT2D eigenvalue weighted by Gasteiger charge is -2.47. The fraction of sp³-hybridized carbons (Fsp3) is 0.483. The summed E-state index contributed by atoms with van der Waals surface area (Å²) in [6.07, 6.45) is 9.07. The molecule has 2 saturated carbocycles. The molecule has 0 radical (unpaired) electrons. The Morgan fingerprint density at radius 3 is 2.83 bits per heavy atom. The number of hydrogen-bond acceptors (Lipinski definition) is 5. The number of nitrogens with one attached hydrogen (secondary N) is 1. The van der Waals surface area contributed by atoms with E-state index >= 15 is 0 Å². The van der Waals surface area contributed by atoms with E-state index < -0.39 is 0 Å².